The molecule has 0 radical (unpaired) electrons. The molecule has 0 saturated carbocycles. The molecule has 1 aromatic heterocycles. The van der Waals surface area contributed by atoms with E-state index in [1.165, 1.54) is 6.33 Å². The van der Waals surface area contributed by atoms with E-state index in [4.69, 9.17) is 10.9 Å². The van der Waals surface area contributed by atoms with Crippen LogP contribution in [0.3, 0.4) is 0 Å². The molecule has 1 atom stereocenters. The molecule has 0 bridgehead atoms. The SMILES string of the molecule is CC(C)C(C(=O)NCCc1ncn[nH]1)C(N)=NO. The summed E-state index contributed by atoms with van der Waals surface area (Å²) in [6.45, 7) is 4.08. The second-order valence-electron chi connectivity index (χ2n) is 4.22. The van der Waals surface area contributed by atoms with Crippen molar-refractivity contribution in [1.82, 2.24) is 20.5 Å². The van der Waals surface area contributed by atoms with E-state index in [1.807, 2.05) is 13.8 Å². The highest BCUT2D eigenvalue weighted by molar-refractivity contribution is 6.02. The largest absolute Gasteiger partial charge is 0.409 e. The number of hydrogen-bond donors (Lipinski definition) is 4. The molecule has 1 aromatic rings. The maximum absolute atomic E-state index is 11.9. The van der Waals surface area contributed by atoms with Gasteiger partial charge in [-0.15, -0.1) is 0 Å². The van der Waals surface area contributed by atoms with Gasteiger partial charge in [0.2, 0.25) is 5.91 Å². The first-order valence-electron chi connectivity index (χ1n) is 5.65. The molecule has 0 aliphatic heterocycles. The molecule has 0 aliphatic rings. The van der Waals surface area contributed by atoms with Gasteiger partial charge in [-0.25, -0.2) is 4.98 Å². The lowest BCUT2D eigenvalue weighted by atomic mass is 9.94. The lowest BCUT2D eigenvalue weighted by Gasteiger charge is -2.18. The number of nitrogens with two attached hydrogens (primary N) is 1. The van der Waals surface area contributed by atoms with Crippen LogP contribution in [0.15, 0.2) is 11.5 Å². The molecular formula is C10H18N6O2. The van der Waals surface area contributed by atoms with Crippen LogP contribution in [0, 0.1) is 11.8 Å². The zero-order valence-electron chi connectivity index (χ0n) is 10.4. The van der Waals surface area contributed by atoms with E-state index in [2.05, 4.69) is 25.7 Å². The molecule has 0 aromatic carbocycles. The molecular weight excluding hydrogens is 236 g/mol. The third kappa shape index (κ3) is 3.72. The fraction of sp³-hybridized carbons (Fsp3) is 0.600. The van der Waals surface area contributed by atoms with E-state index in [9.17, 15) is 4.79 Å². The number of H-pyrrole nitrogens is 1. The van der Waals surface area contributed by atoms with Crippen LogP contribution in [-0.4, -0.2) is 38.7 Å². The number of amidine groups is 1. The van der Waals surface area contributed by atoms with Crippen molar-refractivity contribution in [2.45, 2.75) is 20.3 Å². The minimum Gasteiger partial charge on any atom is -0.409 e. The summed E-state index contributed by atoms with van der Waals surface area (Å²) in [6, 6.07) is 0. The Balaban J connectivity index is 2.47. The Hall–Kier alpha value is -2.12. The highest BCUT2D eigenvalue weighted by Gasteiger charge is 2.26. The first kappa shape index (κ1) is 13.9. The van der Waals surface area contributed by atoms with Crippen molar-refractivity contribution >= 4 is 11.7 Å². The average molecular weight is 254 g/mol. The topological polar surface area (TPSA) is 129 Å². The first-order chi connectivity index (χ1) is 8.56. The number of rotatable bonds is 6. The Labute approximate surface area is 105 Å². The van der Waals surface area contributed by atoms with Crippen molar-refractivity contribution in [3.05, 3.63) is 12.2 Å². The Morgan fingerprint density at radius 2 is 2.39 bits per heavy atom. The zero-order chi connectivity index (χ0) is 13.5. The molecule has 0 fully saturated rings. The molecule has 5 N–H and O–H groups in total. The van der Waals surface area contributed by atoms with Crippen LogP contribution in [0.2, 0.25) is 0 Å². The molecule has 100 valence electrons. The molecule has 0 spiro atoms. The van der Waals surface area contributed by atoms with Crippen molar-refractivity contribution in [2.24, 2.45) is 22.7 Å². The number of aromatic nitrogens is 3. The molecule has 1 rings (SSSR count). The number of aromatic amines is 1. The lowest BCUT2D eigenvalue weighted by molar-refractivity contribution is -0.124. The maximum atomic E-state index is 11.9. The lowest BCUT2D eigenvalue weighted by Crippen LogP contribution is -2.42. The molecule has 1 unspecified atom stereocenters. The number of amides is 1. The standard InChI is InChI=1S/C10H18N6O2/c1-6(2)8(9(11)16-18)10(17)12-4-3-7-13-5-14-15-7/h5-6,8,18H,3-4H2,1-2H3,(H2,11,16)(H,12,17)(H,13,14,15). The smallest absolute Gasteiger partial charge is 0.231 e. The summed E-state index contributed by atoms with van der Waals surface area (Å²) in [5.74, 6) is -0.335. The molecule has 8 heteroatoms. The van der Waals surface area contributed by atoms with Crippen LogP contribution in [0.5, 0.6) is 0 Å². The van der Waals surface area contributed by atoms with Crippen LogP contribution in [-0.2, 0) is 11.2 Å². The van der Waals surface area contributed by atoms with Crippen molar-refractivity contribution in [2.75, 3.05) is 6.54 Å². The summed E-state index contributed by atoms with van der Waals surface area (Å²) in [6.07, 6.45) is 1.96. The van der Waals surface area contributed by atoms with Gasteiger partial charge in [-0.05, 0) is 5.92 Å². The van der Waals surface area contributed by atoms with Crippen molar-refractivity contribution < 1.29 is 10.0 Å². The Morgan fingerprint density at radius 3 is 2.89 bits per heavy atom. The van der Waals surface area contributed by atoms with Crippen LogP contribution in [0.1, 0.15) is 19.7 Å². The number of carbonyl (C=O) groups is 1. The third-order valence-electron chi connectivity index (χ3n) is 2.51. The van der Waals surface area contributed by atoms with E-state index < -0.39 is 5.92 Å². The molecule has 0 aliphatic carbocycles. The Bertz CT molecular complexity index is 401. The van der Waals surface area contributed by atoms with Gasteiger partial charge in [-0.2, -0.15) is 5.10 Å². The van der Waals surface area contributed by atoms with E-state index in [1.54, 1.807) is 0 Å². The fourth-order valence-electron chi connectivity index (χ4n) is 1.61. The number of nitrogens with zero attached hydrogens (tertiary/aromatic N) is 3. The molecule has 1 amide bonds. The van der Waals surface area contributed by atoms with Gasteiger partial charge in [0.1, 0.15) is 18.1 Å². The molecule has 18 heavy (non-hydrogen) atoms. The zero-order valence-corrected chi connectivity index (χ0v) is 10.4. The summed E-state index contributed by atoms with van der Waals surface area (Å²) in [7, 11) is 0. The van der Waals surface area contributed by atoms with Crippen molar-refractivity contribution in [3.8, 4) is 0 Å². The van der Waals surface area contributed by atoms with Gasteiger partial charge in [-0.1, -0.05) is 19.0 Å². The number of oxime groups is 1. The Morgan fingerprint density at radius 1 is 1.67 bits per heavy atom. The molecule has 1 heterocycles. The second kappa shape index (κ2) is 6.58. The van der Waals surface area contributed by atoms with Crippen LogP contribution >= 0.6 is 0 Å². The van der Waals surface area contributed by atoms with E-state index in [0.29, 0.717) is 18.8 Å². The average Bonchev–Trinajstić information content (AvgIpc) is 2.81. The van der Waals surface area contributed by atoms with E-state index in [0.717, 1.165) is 0 Å². The van der Waals surface area contributed by atoms with E-state index in [-0.39, 0.29) is 17.7 Å². The van der Waals surface area contributed by atoms with Gasteiger partial charge in [0.15, 0.2) is 5.84 Å². The summed E-state index contributed by atoms with van der Waals surface area (Å²) >= 11 is 0. The Kier molecular flexibility index (Phi) is 5.09. The number of nitrogens with one attached hydrogen (secondary N) is 2. The summed E-state index contributed by atoms with van der Waals surface area (Å²) in [5.41, 5.74) is 5.50. The summed E-state index contributed by atoms with van der Waals surface area (Å²) in [4.78, 5) is 15.8. The first-order valence-corrected chi connectivity index (χ1v) is 5.65. The molecule has 8 nitrogen and oxygen atoms in total. The van der Waals surface area contributed by atoms with Crippen LogP contribution < -0.4 is 11.1 Å². The van der Waals surface area contributed by atoms with Crippen molar-refractivity contribution in [1.29, 1.82) is 0 Å². The number of hydrogen-bond acceptors (Lipinski definition) is 5. The van der Waals surface area contributed by atoms with Crippen molar-refractivity contribution in [3.63, 3.8) is 0 Å². The highest BCUT2D eigenvalue weighted by Crippen LogP contribution is 2.11. The number of carbonyl (C=O) groups excluding carboxylic acids is 1. The van der Waals surface area contributed by atoms with Gasteiger partial charge in [0.05, 0.1) is 0 Å². The fourth-order valence-corrected chi connectivity index (χ4v) is 1.61. The van der Waals surface area contributed by atoms with Gasteiger partial charge in [-0.3, -0.25) is 9.89 Å². The van der Waals surface area contributed by atoms with Crippen LogP contribution in [0.4, 0.5) is 0 Å². The summed E-state index contributed by atoms with van der Waals surface area (Å²) in [5, 5.41) is 20.7. The minimum absolute atomic E-state index is 0.0498. The van der Waals surface area contributed by atoms with Gasteiger partial charge >= 0.3 is 0 Å². The minimum atomic E-state index is -0.635. The summed E-state index contributed by atoms with van der Waals surface area (Å²) < 4.78 is 0. The maximum Gasteiger partial charge on any atom is 0.231 e. The van der Waals surface area contributed by atoms with Crippen LogP contribution in [0.25, 0.3) is 0 Å². The highest BCUT2D eigenvalue weighted by atomic mass is 16.4. The predicted molar refractivity (Wildman–Crippen MR) is 64.8 cm³/mol. The third-order valence-corrected chi connectivity index (χ3v) is 2.51. The predicted octanol–water partition coefficient (Wildman–Crippen LogP) is -0.518. The monoisotopic (exact) mass is 254 g/mol. The second-order valence-corrected chi connectivity index (χ2v) is 4.22. The normalized spacial score (nSPS) is 13.6. The quantitative estimate of drug-likeness (QED) is 0.235. The van der Waals surface area contributed by atoms with Gasteiger partial charge < -0.3 is 16.3 Å². The van der Waals surface area contributed by atoms with E-state index >= 15 is 0 Å². The van der Waals surface area contributed by atoms with Gasteiger partial charge in [0.25, 0.3) is 0 Å². The van der Waals surface area contributed by atoms with Gasteiger partial charge in [0, 0.05) is 13.0 Å². The molecule has 0 saturated heterocycles.